The number of para-hydroxylation sites is 3. The van der Waals surface area contributed by atoms with Gasteiger partial charge in [0.05, 0.1) is 23.1 Å². The fourth-order valence-electron chi connectivity index (χ4n) is 2.67. The SMILES string of the molecule is O=C(Nc1ccccc1Oc1cccc(F)c1)c1cnn(-c2ccccc2)c1. The third-order valence-corrected chi connectivity index (χ3v) is 4.02. The smallest absolute Gasteiger partial charge is 0.258 e. The number of rotatable bonds is 5. The minimum Gasteiger partial charge on any atom is -0.455 e. The van der Waals surface area contributed by atoms with Gasteiger partial charge in [0.15, 0.2) is 5.75 Å². The summed E-state index contributed by atoms with van der Waals surface area (Å²) >= 11 is 0. The van der Waals surface area contributed by atoms with Gasteiger partial charge >= 0.3 is 0 Å². The Labute approximate surface area is 161 Å². The van der Waals surface area contributed by atoms with E-state index in [0.717, 1.165) is 5.69 Å². The summed E-state index contributed by atoms with van der Waals surface area (Å²) < 4.78 is 20.7. The van der Waals surface area contributed by atoms with Gasteiger partial charge in [-0.15, -0.1) is 0 Å². The van der Waals surface area contributed by atoms with Crippen molar-refractivity contribution in [2.45, 2.75) is 0 Å². The lowest BCUT2D eigenvalue weighted by Crippen LogP contribution is -2.11. The lowest BCUT2D eigenvalue weighted by Gasteiger charge is -2.11. The second-order valence-electron chi connectivity index (χ2n) is 6.02. The van der Waals surface area contributed by atoms with Gasteiger partial charge in [-0.25, -0.2) is 9.07 Å². The van der Waals surface area contributed by atoms with E-state index < -0.39 is 5.82 Å². The highest BCUT2D eigenvalue weighted by atomic mass is 19.1. The quantitative estimate of drug-likeness (QED) is 0.532. The number of halogens is 1. The number of aromatic nitrogens is 2. The van der Waals surface area contributed by atoms with E-state index in [2.05, 4.69) is 10.4 Å². The van der Waals surface area contributed by atoms with E-state index >= 15 is 0 Å². The number of hydrogen-bond acceptors (Lipinski definition) is 3. The molecule has 0 radical (unpaired) electrons. The average molecular weight is 373 g/mol. The molecule has 1 N–H and O–H groups in total. The summed E-state index contributed by atoms with van der Waals surface area (Å²) in [6, 6.07) is 22.3. The summed E-state index contributed by atoms with van der Waals surface area (Å²) in [7, 11) is 0. The molecular formula is C22H16FN3O2. The third kappa shape index (κ3) is 3.91. The Bertz CT molecular complexity index is 1110. The average Bonchev–Trinajstić information content (AvgIpc) is 3.21. The van der Waals surface area contributed by atoms with Crippen molar-refractivity contribution < 1.29 is 13.9 Å². The van der Waals surface area contributed by atoms with E-state index in [4.69, 9.17) is 4.74 Å². The Morgan fingerprint density at radius 1 is 0.964 bits per heavy atom. The fraction of sp³-hybridized carbons (Fsp3) is 0. The molecule has 0 spiro atoms. The van der Waals surface area contributed by atoms with Gasteiger partial charge in [-0.2, -0.15) is 5.10 Å². The van der Waals surface area contributed by atoms with E-state index in [9.17, 15) is 9.18 Å². The molecular weight excluding hydrogens is 357 g/mol. The van der Waals surface area contributed by atoms with Crippen molar-refractivity contribution in [1.82, 2.24) is 9.78 Å². The lowest BCUT2D eigenvalue weighted by molar-refractivity contribution is 0.102. The van der Waals surface area contributed by atoms with Crippen LogP contribution in [0.4, 0.5) is 10.1 Å². The van der Waals surface area contributed by atoms with Crippen molar-refractivity contribution in [2.75, 3.05) is 5.32 Å². The normalized spacial score (nSPS) is 10.5. The minimum atomic E-state index is -0.396. The number of nitrogens with zero attached hydrogens (tertiary/aromatic N) is 2. The van der Waals surface area contributed by atoms with Crippen LogP contribution in [0, 0.1) is 5.82 Å². The second kappa shape index (κ2) is 7.75. The number of benzene rings is 3. The Morgan fingerprint density at radius 3 is 2.57 bits per heavy atom. The van der Waals surface area contributed by atoms with E-state index in [1.807, 2.05) is 30.3 Å². The molecule has 0 saturated carbocycles. The maximum Gasteiger partial charge on any atom is 0.258 e. The maximum atomic E-state index is 13.4. The molecule has 0 aliphatic heterocycles. The highest BCUT2D eigenvalue weighted by molar-refractivity contribution is 6.04. The monoisotopic (exact) mass is 373 g/mol. The molecule has 4 aromatic rings. The standard InChI is InChI=1S/C22H16FN3O2/c23-17-7-6-10-19(13-17)28-21-12-5-4-11-20(21)25-22(27)16-14-24-26(15-16)18-8-2-1-3-9-18/h1-15H,(H,25,27). The van der Waals surface area contributed by atoms with E-state index in [-0.39, 0.29) is 5.91 Å². The third-order valence-electron chi connectivity index (χ3n) is 4.02. The molecule has 28 heavy (non-hydrogen) atoms. The van der Waals surface area contributed by atoms with Crippen LogP contribution in [0.5, 0.6) is 11.5 Å². The molecule has 0 fully saturated rings. The first kappa shape index (κ1) is 17.5. The van der Waals surface area contributed by atoms with Crippen LogP contribution in [0.2, 0.25) is 0 Å². The van der Waals surface area contributed by atoms with Crippen molar-refractivity contribution in [1.29, 1.82) is 0 Å². The lowest BCUT2D eigenvalue weighted by atomic mass is 10.2. The predicted octanol–water partition coefficient (Wildman–Crippen LogP) is 5.06. The Morgan fingerprint density at radius 2 is 1.75 bits per heavy atom. The van der Waals surface area contributed by atoms with Crippen LogP contribution in [-0.2, 0) is 0 Å². The highest BCUT2D eigenvalue weighted by Crippen LogP contribution is 2.30. The van der Waals surface area contributed by atoms with Crippen molar-refractivity contribution in [3.8, 4) is 17.2 Å². The molecule has 4 rings (SSSR count). The minimum absolute atomic E-state index is 0.322. The first-order chi connectivity index (χ1) is 13.7. The molecule has 1 aromatic heterocycles. The predicted molar refractivity (Wildman–Crippen MR) is 104 cm³/mol. The second-order valence-corrected chi connectivity index (χ2v) is 6.02. The molecule has 5 nitrogen and oxygen atoms in total. The Kier molecular flexibility index (Phi) is 4.84. The number of anilines is 1. The zero-order chi connectivity index (χ0) is 19.3. The number of hydrogen-bond donors (Lipinski definition) is 1. The first-order valence-electron chi connectivity index (χ1n) is 8.63. The van der Waals surface area contributed by atoms with Gasteiger partial charge in [0.1, 0.15) is 11.6 Å². The van der Waals surface area contributed by atoms with Crippen molar-refractivity contribution >= 4 is 11.6 Å². The van der Waals surface area contributed by atoms with Crippen LogP contribution in [0.15, 0.2) is 91.3 Å². The molecule has 3 aromatic carbocycles. The van der Waals surface area contributed by atoms with Gasteiger partial charge in [0, 0.05) is 12.3 Å². The fourth-order valence-corrected chi connectivity index (χ4v) is 2.67. The molecule has 0 bridgehead atoms. The van der Waals surface area contributed by atoms with Crippen molar-refractivity contribution in [3.63, 3.8) is 0 Å². The number of carbonyl (C=O) groups is 1. The zero-order valence-corrected chi connectivity index (χ0v) is 14.7. The summed E-state index contributed by atoms with van der Waals surface area (Å²) in [5.41, 5.74) is 1.74. The summed E-state index contributed by atoms with van der Waals surface area (Å²) in [5.74, 6) is 0.0420. The van der Waals surface area contributed by atoms with E-state index in [0.29, 0.717) is 22.7 Å². The van der Waals surface area contributed by atoms with Crippen molar-refractivity contribution in [3.05, 3.63) is 103 Å². The van der Waals surface area contributed by atoms with Gasteiger partial charge in [0.25, 0.3) is 5.91 Å². The topological polar surface area (TPSA) is 56.1 Å². The summed E-state index contributed by atoms with van der Waals surface area (Å²) in [6.07, 6.45) is 3.15. The summed E-state index contributed by atoms with van der Waals surface area (Å²) in [5, 5.41) is 7.05. The summed E-state index contributed by atoms with van der Waals surface area (Å²) in [6.45, 7) is 0. The molecule has 0 saturated heterocycles. The van der Waals surface area contributed by atoms with Gasteiger partial charge in [-0.05, 0) is 36.4 Å². The molecule has 138 valence electrons. The van der Waals surface area contributed by atoms with Gasteiger partial charge < -0.3 is 10.1 Å². The van der Waals surface area contributed by atoms with Crippen LogP contribution >= 0.6 is 0 Å². The van der Waals surface area contributed by atoms with Crippen LogP contribution < -0.4 is 10.1 Å². The molecule has 0 aliphatic rings. The zero-order valence-electron chi connectivity index (χ0n) is 14.7. The van der Waals surface area contributed by atoms with Gasteiger partial charge in [-0.3, -0.25) is 4.79 Å². The van der Waals surface area contributed by atoms with Crippen LogP contribution in [0.3, 0.4) is 0 Å². The molecule has 0 atom stereocenters. The van der Waals surface area contributed by atoms with Gasteiger partial charge in [-0.1, -0.05) is 36.4 Å². The first-order valence-corrected chi connectivity index (χ1v) is 8.63. The van der Waals surface area contributed by atoms with E-state index in [1.165, 1.54) is 18.3 Å². The number of ether oxygens (including phenoxy) is 1. The van der Waals surface area contributed by atoms with Crippen LogP contribution in [0.1, 0.15) is 10.4 Å². The van der Waals surface area contributed by atoms with Crippen LogP contribution in [0.25, 0.3) is 5.69 Å². The van der Waals surface area contributed by atoms with Gasteiger partial charge in [0.2, 0.25) is 0 Å². The van der Waals surface area contributed by atoms with Crippen LogP contribution in [-0.4, -0.2) is 15.7 Å². The maximum absolute atomic E-state index is 13.4. The highest BCUT2D eigenvalue weighted by Gasteiger charge is 2.13. The largest absolute Gasteiger partial charge is 0.455 e. The molecule has 0 unspecified atom stereocenters. The van der Waals surface area contributed by atoms with Crippen molar-refractivity contribution in [2.24, 2.45) is 0 Å². The molecule has 6 heteroatoms. The number of carbonyl (C=O) groups excluding carboxylic acids is 1. The summed E-state index contributed by atoms with van der Waals surface area (Å²) in [4.78, 5) is 12.6. The Hall–Kier alpha value is -3.93. The number of amides is 1. The molecule has 1 heterocycles. The molecule has 0 aliphatic carbocycles. The Balaban J connectivity index is 1.53. The molecule has 1 amide bonds. The van der Waals surface area contributed by atoms with E-state index in [1.54, 1.807) is 47.3 Å². The number of nitrogens with one attached hydrogen (secondary N) is 1.